The second-order valence-corrected chi connectivity index (χ2v) is 11.5. The van der Waals surface area contributed by atoms with E-state index >= 15 is 0 Å². The predicted molar refractivity (Wildman–Crippen MR) is 159 cm³/mol. The molecule has 1 unspecified atom stereocenters. The zero-order chi connectivity index (χ0) is 27.5. The van der Waals surface area contributed by atoms with Gasteiger partial charge in [-0.15, -0.1) is 0 Å². The number of nitrogens with zero attached hydrogens (tertiary/aromatic N) is 8. The van der Waals surface area contributed by atoms with Crippen LogP contribution in [0, 0.1) is 5.92 Å². The lowest BCUT2D eigenvalue weighted by molar-refractivity contribution is 0.122. The Morgan fingerprint density at radius 3 is 2.46 bits per heavy atom. The van der Waals surface area contributed by atoms with Crippen LogP contribution in [0.2, 0.25) is 0 Å². The van der Waals surface area contributed by atoms with E-state index < -0.39 is 0 Å². The van der Waals surface area contributed by atoms with Gasteiger partial charge in [0.25, 0.3) is 0 Å². The largest absolute Gasteiger partial charge is 0.384 e. The Balaban J connectivity index is 1.66. The molecule has 3 fully saturated rings. The van der Waals surface area contributed by atoms with E-state index in [1.54, 1.807) is 0 Å². The maximum Gasteiger partial charge on any atom is 0.207 e. The maximum atomic E-state index is 6.11. The number of aromatic nitrogens is 4. The van der Waals surface area contributed by atoms with Gasteiger partial charge in [0.2, 0.25) is 5.95 Å². The summed E-state index contributed by atoms with van der Waals surface area (Å²) in [4.78, 5) is 27.3. The van der Waals surface area contributed by atoms with Gasteiger partial charge in [0.1, 0.15) is 5.82 Å². The fourth-order valence-corrected chi connectivity index (χ4v) is 5.59. The lowest BCUT2D eigenvalue weighted by atomic mass is 9.85. The van der Waals surface area contributed by atoms with Gasteiger partial charge in [-0.1, -0.05) is 18.9 Å². The number of anilines is 2. The summed E-state index contributed by atoms with van der Waals surface area (Å²) in [5.74, 6) is 3.77. The summed E-state index contributed by atoms with van der Waals surface area (Å²) in [7, 11) is 4.34. The number of morpholine rings is 1. The quantitative estimate of drug-likeness (QED) is 0.486. The van der Waals surface area contributed by atoms with E-state index in [0.29, 0.717) is 36.8 Å². The molecule has 10 nitrogen and oxygen atoms in total. The third kappa shape index (κ3) is 5.96. The molecule has 0 radical (unpaired) electrons. The highest BCUT2D eigenvalue weighted by Gasteiger charge is 2.32. The van der Waals surface area contributed by atoms with Crippen LogP contribution in [0.1, 0.15) is 58.7 Å². The minimum absolute atomic E-state index is 0.507. The highest BCUT2D eigenvalue weighted by atomic mass is 16.5. The lowest BCUT2D eigenvalue weighted by Crippen LogP contribution is -2.37. The Hall–Kier alpha value is -2.98. The molecule has 1 atom stereocenters. The van der Waals surface area contributed by atoms with E-state index in [4.69, 9.17) is 25.4 Å². The molecule has 0 bridgehead atoms. The standard InChI is InChI=1S/C29H45N9O/c1-6-8-24(30)31-17-23(20(2)3)26-33-27(36-13-15-39-16-14-36)25-28(34-26)38(18-21-9-7-10-21)29(32-25)37-12-11-22(19-37)35(4)5/h8,17,21-22H,6-7,9-16,18-19,30H2,1-5H3/b24-8+,31-17-. The zero-order valence-electron chi connectivity index (χ0n) is 24.4. The van der Waals surface area contributed by atoms with Gasteiger partial charge in [0, 0.05) is 50.6 Å². The minimum Gasteiger partial charge on any atom is -0.384 e. The van der Waals surface area contributed by atoms with Crippen molar-refractivity contribution < 1.29 is 4.74 Å². The molecule has 5 rings (SSSR count). The van der Waals surface area contributed by atoms with Gasteiger partial charge in [-0.2, -0.15) is 0 Å². The topological polar surface area (TPSA) is 101 Å². The summed E-state index contributed by atoms with van der Waals surface area (Å²) in [6, 6.07) is 0.525. The molecule has 10 heteroatoms. The first-order chi connectivity index (χ1) is 18.9. The van der Waals surface area contributed by atoms with Crippen molar-refractivity contribution in [1.82, 2.24) is 24.4 Å². The maximum absolute atomic E-state index is 6.11. The van der Waals surface area contributed by atoms with Crippen molar-refractivity contribution in [2.24, 2.45) is 16.6 Å². The van der Waals surface area contributed by atoms with Gasteiger partial charge < -0.3 is 25.2 Å². The number of aliphatic imine (C=N–C) groups is 1. The number of nitrogens with two attached hydrogens (primary N) is 1. The Kier molecular flexibility index (Phi) is 8.52. The van der Waals surface area contributed by atoms with E-state index in [0.717, 1.165) is 79.6 Å². The van der Waals surface area contributed by atoms with Crippen LogP contribution < -0.4 is 15.5 Å². The average Bonchev–Trinajstić information content (AvgIpc) is 3.52. The van der Waals surface area contributed by atoms with E-state index in [1.165, 1.54) is 19.3 Å². The van der Waals surface area contributed by atoms with Crippen LogP contribution in [0.5, 0.6) is 0 Å². The first-order valence-corrected chi connectivity index (χ1v) is 14.6. The van der Waals surface area contributed by atoms with Crippen LogP contribution in [-0.2, 0) is 11.3 Å². The van der Waals surface area contributed by atoms with Crippen LogP contribution in [0.4, 0.5) is 11.8 Å². The van der Waals surface area contributed by atoms with E-state index in [2.05, 4.69) is 59.1 Å². The van der Waals surface area contributed by atoms with Crippen LogP contribution in [0.25, 0.3) is 16.7 Å². The second-order valence-electron chi connectivity index (χ2n) is 11.5. The van der Waals surface area contributed by atoms with Crippen LogP contribution in [-0.4, -0.2) is 90.2 Å². The first kappa shape index (κ1) is 27.6. The summed E-state index contributed by atoms with van der Waals surface area (Å²) in [6.45, 7) is 12.1. The molecule has 0 aromatic carbocycles. The van der Waals surface area contributed by atoms with Crippen molar-refractivity contribution in [1.29, 1.82) is 0 Å². The number of fused-ring (bicyclic) bond motifs is 1. The first-order valence-electron chi connectivity index (χ1n) is 14.6. The molecule has 4 heterocycles. The van der Waals surface area contributed by atoms with Crippen molar-refractivity contribution in [2.75, 3.05) is 63.3 Å². The smallest absolute Gasteiger partial charge is 0.207 e. The zero-order valence-corrected chi connectivity index (χ0v) is 24.4. The number of ether oxygens (including phenoxy) is 1. The molecular formula is C29H45N9O. The molecule has 2 N–H and O–H groups in total. The summed E-state index contributed by atoms with van der Waals surface area (Å²) in [5, 5.41) is 0. The molecule has 3 aliphatic rings. The van der Waals surface area contributed by atoms with Gasteiger partial charge in [0.05, 0.1) is 13.2 Å². The van der Waals surface area contributed by atoms with Crippen LogP contribution in [0.15, 0.2) is 22.5 Å². The minimum atomic E-state index is 0.507. The Morgan fingerprint density at radius 2 is 1.85 bits per heavy atom. The van der Waals surface area contributed by atoms with Crippen molar-refractivity contribution in [3.8, 4) is 0 Å². The Labute approximate surface area is 232 Å². The van der Waals surface area contributed by atoms with Crippen LogP contribution >= 0.6 is 0 Å². The van der Waals surface area contributed by atoms with Gasteiger partial charge in [0.15, 0.2) is 22.8 Å². The predicted octanol–water partition coefficient (Wildman–Crippen LogP) is 3.68. The van der Waals surface area contributed by atoms with Gasteiger partial charge in [-0.05, 0) is 65.6 Å². The molecule has 2 aromatic rings. The molecule has 2 aromatic heterocycles. The Morgan fingerprint density at radius 1 is 1.08 bits per heavy atom. The van der Waals surface area contributed by atoms with Gasteiger partial charge in [-0.3, -0.25) is 4.57 Å². The molecule has 39 heavy (non-hydrogen) atoms. The summed E-state index contributed by atoms with van der Waals surface area (Å²) < 4.78 is 8.07. The van der Waals surface area contributed by atoms with Crippen LogP contribution in [0.3, 0.4) is 0 Å². The molecule has 1 aliphatic carbocycles. The number of imidazole rings is 1. The monoisotopic (exact) mass is 535 g/mol. The third-order valence-corrected chi connectivity index (χ3v) is 8.24. The van der Waals surface area contributed by atoms with E-state index in [9.17, 15) is 0 Å². The fraction of sp³-hybridized carbons (Fsp3) is 0.655. The summed E-state index contributed by atoms with van der Waals surface area (Å²) >= 11 is 0. The average molecular weight is 536 g/mol. The fourth-order valence-electron chi connectivity index (χ4n) is 5.59. The van der Waals surface area contributed by atoms with Crippen molar-refractivity contribution >= 4 is 34.7 Å². The van der Waals surface area contributed by atoms with Gasteiger partial charge in [-0.25, -0.2) is 19.9 Å². The molecule has 0 amide bonds. The second kappa shape index (κ2) is 12.0. The Bertz CT molecular complexity index is 1250. The van der Waals surface area contributed by atoms with Gasteiger partial charge >= 0.3 is 0 Å². The highest BCUT2D eigenvalue weighted by Crippen LogP contribution is 2.36. The SMILES string of the molecule is CC/C=C(N)/N=C\C(=C(C)C)c1nc(N2CCOCC2)c2nc(N3CCC(N(C)C)C3)n(CC3CCC3)c2n1. The molecular weight excluding hydrogens is 490 g/mol. The molecule has 212 valence electrons. The molecule has 0 spiro atoms. The van der Waals surface area contributed by atoms with Crippen molar-refractivity contribution in [3.05, 3.63) is 23.3 Å². The molecule has 2 saturated heterocycles. The van der Waals surface area contributed by atoms with E-state index in [-0.39, 0.29) is 0 Å². The lowest BCUT2D eigenvalue weighted by Gasteiger charge is -2.29. The molecule has 1 saturated carbocycles. The number of allylic oxidation sites excluding steroid dienone is 3. The molecule has 2 aliphatic heterocycles. The highest BCUT2D eigenvalue weighted by molar-refractivity contribution is 6.10. The number of likely N-dealkylation sites (N-methyl/N-ethyl adjacent to an activating group) is 1. The number of rotatable bonds is 9. The summed E-state index contributed by atoms with van der Waals surface area (Å²) in [6.07, 6.45) is 9.55. The van der Waals surface area contributed by atoms with Crippen molar-refractivity contribution in [3.63, 3.8) is 0 Å². The van der Waals surface area contributed by atoms with E-state index in [1.807, 2.05) is 12.3 Å². The third-order valence-electron chi connectivity index (χ3n) is 8.24. The number of hydrogen-bond donors (Lipinski definition) is 1. The summed E-state index contributed by atoms with van der Waals surface area (Å²) in [5.41, 5.74) is 9.90. The number of hydrogen-bond acceptors (Lipinski definition) is 9. The van der Waals surface area contributed by atoms with Crippen molar-refractivity contribution in [2.45, 2.75) is 65.5 Å². The normalized spacial score (nSPS) is 21.0.